The van der Waals surface area contributed by atoms with Gasteiger partial charge in [-0.15, -0.1) is 0 Å². The van der Waals surface area contributed by atoms with Gasteiger partial charge in [-0.3, -0.25) is 9.88 Å². The van der Waals surface area contributed by atoms with Crippen LogP contribution in [0.3, 0.4) is 0 Å². The molecule has 144 valence electrons. The van der Waals surface area contributed by atoms with E-state index in [1.165, 1.54) is 0 Å². The zero-order valence-electron chi connectivity index (χ0n) is 16.3. The molecule has 6 nitrogen and oxygen atoms in total. The van der Waals surface area contributed by atoms with Crippen molar-refractivity contribution in [3.8, 4) is 5.75 Å². The Morgan fingerprint density at radius 2 is 1.69 bits per heavy atom. The molecule has 1 N–H and O–H groups in total. The lowest BCUT2D eigenvalue weighted by molar-refractivity contribution is 0.0531. The summed E-state index contributed by atoms with van der Waals surface area (Å²) in [7, 11) is 0. The highest BCUT2D eigenvalue weighted by Crippen LogP contribution is 2.23. The number of ether oxygens (including phenoxy) is 1. The Kier molecular flexibility index (Phi) is 6.01. The highest BCUT2D eigenvalue weighted by Gasteiger charge is 2.30. The number of rotatable bonds is 3. The third-order valence-corrected chi connectivity index (χ3v) is 5.18. The Hall–Kier alpha value is -1.82. The van der Waals surface area contributed by atoms with Crippen molar-refractivity contribution in [1.82, 2.24) is 20.1 Å². The first-order chi connectivity index (χ1) is 12.4. The molecule has 26 heavy (non-hydrogen) atoms. The topological polar surface area (TPSA) is 57.7 Å². The molecule has 1 aromatic heterocycles. The van der Waals surface area contributed by atoms with Crippen LogP contribution in [0.4, 0.5) is 4.79 Å². The molecule has 0 bridgehead atoms. The van der Waals surface area contributed by atoms with Crippen molar-refractivity contribution in [2.24, 2.45) is 0 Å². The smallest absolute Gasteiger partial charge is 0.317 e. The summed E-state index contributed by atoms with van der Waals surface area (Å²) in [6, 6.07) is 4.51. The van der Waals surface area contributed by atoms with Crippen molar-refractivity contribution in [3.05, 3.63) is 24.5 Å². The molecule has 1 aromatic rings. The highest BCUT2D eigenvalue weighted by atomic mass is 16.5. The summed E-state index contributed by atoms with van der Waals surface area (Å²) in [6.45, 7) is 9.92. The fraction of sp³-hybridized carbons (Fsp3) is 0.700. The average Bonchev–Trinajstić information content (AvgIpc) is 2.62. The molecule has 3 rings (SSSR count). The Morgan fingerprint density at radius 3 is 2.27 bits per heavy atom. The minimum atomic E-state index is -0.176. The predicted octanol–water partition coefficient (Wildman–Crippen LogP) is 2.90. The van der Waals surface area contributed by atoms with E-state index in [2.05, 4.69) is 15.2 Å². The second kappa shape index (κ2) is 8.25. The molecule has 6 heteroatoms. The van der Waals surface area contributed by atoms with Crippen molar-refractivity contribution in [3.63, 3.8) is 0 Å². The normalized spacial score (nSPS) is 20.8. The first-order valence-electron chi connectivity index (χ1n) is 9.78. The van der Waals surface area contributed by atoms with E-state index < -0.39 is 0 Å². The summed E-state index contributed by atoms with van der Waals surface area (Å²) < 4.78 is 6.06. The average molecular weight is 361 g/mol. The summed E-state index contributed by atoms with van der Waals surface area (Å²) >= 11 is 0. The van der Waals surface area contributed by atoms with Gasteiger partial charge < -0.3 is 15.0 Å². The number of piperidine rings is 2. The van der Waals surface area contributed by atoms with Gasteiger partial charge in [-0.2, -0.15) is 0 Å². The zero-order chi connectivity index (χ0) is 18.6. The van der Waals surface area contributed by atoms with E-state index in [1.807, 2.05) is 37.8 Å². The van der Waals surface area contributed by atoms with Crippen LogP contribution < -0.4 is 10.1 Å². The fourth-order valence-electron chi connectivity index (χ4n) is 3.80. The van der Waals surface area contributed by atoms with Crippen LogP contribution in [0.25, 0.3) is 0 Å². The summed E-state index contributed by atoms with van der Waals surface area (Å²) in [4.78, 5) is 20.9. The second-order valence-electron chi connectivity index (χ2n) is 8.43. The van der Waals surface area contributed by atoms with Gasteiger partial charge in [0.1, 0.15) is 11.9 Å². The first kappa shape index (κ1) is 19.0. The molecule has 0 spiro atoms. The molecule has 3 heterocycles. The van der Waals surface area contributed by atoms with E-state index in [0.29, 0.717) is 12.1 Å². The van der Waals surface area contributed by atoms with Crippen molar-refractivity contribution in [2.45, 2.75) is 64.1 Å². The Bertz CT molecular complexity index is 571. The lowest BCUT2D eigenvalue weighted by Gasteiger charge is -2.42. The second-order valence-corrected chi connectivity index (χ2v) is 8.43. The van der Waals surface area contributed by atoms with Crippen LogP contribution in [-0.4, -0.2) is 64.7 Å². The zero-order valence-corrected chi connectivity index (χ0v) is 16.3. The minimum Gasteiger partial charge on any atom is -0.490 e. The van der Waals surface area contributed by atoms with E-state index in [4.69, 9.17) is 4.74 Å². The van der Waals surface area contributed by atoms with Crippen LogP contribution in [0.5, 0.6) is 5.75 Å². The summed E-state index contributed by atoms with van der Waals surface area (Å²) in [5.41, 5.74) is -0.176. The van der Waals surface area contributed by atoms with Gasteiger partial charge in [-0.25, -0.2) is 4.79 Å². The summed E-state index contributed by atoms with van der Waals surface area (Å²) in [6.07, 6.45) is 8.09. The number of nitrogens with one attached hydrogen (secondary N) is 1. The Labute approximate surface area is 156 Å². The number of amides is 2. The van der Waals surface area contributed by atoms with Crippen LogP contribution in [0, 0.1) is 0 Å². The predicted molar refractivity (Wildman–Crippen MR) is 102 cm³/mol. The number of carbonyl (C=O) groups excluding carboxylic acids is 1. The fourth-order valence-corrected chi connectivity index (χ4v) is 3.80. The van der Waals surface area contributed by atoms with Crippen molar-refractivity contribution in [2.75, 3.05) is 26.2 Å². The van der Waals surface area contributed by atoms with E-state index in [0.717, 1.165) is 57.6 Å². The van der Waals surface area contributed by atoms with Crippen LogP contribution in [0.2, 0.25) is 0 Å². The molecule has 0 aliphatic carbocycles. The number of hydrogen-bond acceptors (Lipinski definition) is 4. The number of pyridine rings is 1. The van der Waals surface area contributed by atoms with Crippen LogP contribution in [0.15, 0.2) is 24.5 Å². The van der Waals surface area contributed by atoms with Gasteiger partial charge in [0.25, 0.3) is 0 Å². The molecule has 2 aliphatic heterocycles. The van der Waals surface area contributed by atoms with Crippen molar-refractivity contribution >= 4 is 6.03 Å². The van der Waals surface area contributed by atoms with Gasteiger partial charge in [-0.05, 0) is 58.6 Å². The third kappa shape index (κ3) is 5.34. The lowest BCUT2D eigenvalue weighted by Crippen LogP contribution is -2.54. The van der Waals surface area contributed by atoms with Crippen LogP contribution >= 0.6 is 0 Å². The summed E-state index contributed by atoms with van der Waals surface area (Å²) in [5.74, 6) is 0.914. The standard InChI is InChI=1S/C20H32N4O2/c1-20(2,3)22-19(25)24-12-6-16(7-13-24)23-14-8-18(9-15-23)26-17-4-10-21-11-5-17/h4-5,10-11,16,18H,6-9,12-15H2,1-3H3,(H,22,25). The molecule has 0 saturated carbocycles. The van der Waals surface area contributed by atoms with Gasteiger partial charge >= 0.3 is 6.03 Å². The molecule has 2 amide bonds. The molecule has 0 radical (unpaired) electrons. The molecule has 0 aromatic carbocycles. The quantitative estimate of drug-likeness (QED) is 0.900. The third-order valence-electron chi connectivity index (χ3n) is 5.18. The Balaban J connectivity index is 1.40. The van der Waals surface area contributed by atoms with E-state index >= 15 is 0 Å². The maximum absolute atomic E-state index is 12.3. The van der Waals surface area contributed by atoms with Gasteiger partial charge in [0, 0.05) is 50.2 Å². The molecule has 0 atom stereocenters. The van der Waals surface area contributed by atoms with E-state index in [9.17, 15) is 4.79 Å². The summed E-state index contributed by atoms with van der Waals surface area (Å²) in [5, 5.41) is 3.06. The van der Waals surface area contributed by atoms with Crippen LogP contribution in [-0.2, 0) is 0 Å². The molecule has 2 fully saturated rings. The molecular formula is C20H32N4O2. The van der Waals surface area contributed by atoms with Gasteiger partial charge in [0.15, 0.2) is 0 Å². The minimum absolute atomic E-state index is 0.0698. The number of aromatic nitrogens is 1. The number of hydrogen-bond donors (Lipinski definition) is 1. The van der Waals surface area contributed by atoms with Gasteiger partial charge in [0.2, 0.25) is 0 Å². The highest BCUT2D eigenvalue weighted by molar-refractivity contribution is 5.75. The SMILES string of the molecule is CC(C)(C)NC(=O)N1CCC(N2CCC(Oc3ccncc3)CC2)CC1. The first-order valence-corrected chi connectivity index (χ1v) is 9.78. The van der Waals surface area contributed by atoms with Crippen molar-refractivity contribution in [1.29, 1.82) is 0 Å². The van der Waals surface area contributed by atoms with Crippen LogP contribution in [0.1, 0.15) is 46.5 Å². The van der Waals surface area contributed by atoms with Gasteiger partial charge in [0.05, 0.1) is 0 Å². The Morgan fingerprint density at radius 1 is 1.08 bits per heavy atom. The number of carbonyl (C=O) groups is 1. The lowest BCUT2D eigenvalue weighted by atomic mass is 9.99. The molecule has 2 aliphatic rings. The van der Waals surface area contributed by atoms with Gasteiger partial charge in [-0.1, -0.05) is 0 Å². The largest absolute Gasteiger partial charge is 0.490 e. The maximum Gasteiger partial charge on any atom is 0.317 e. The maximum atomic E-state index is 12.3. The van der Waals surface area contributed by atoms with E-state index in [-0.39, 0.29) is 11.6 Å². The molecular weight excluding hydrogens is 328 g/mol. The monoisotopic (exact) mass is 360 g/mol. The van der Waals surface area contributed by atoms with E-state index in [1.54, 1.807) is 12.4 Å². The molecule has 0 unspecified atom stereocenters. The number of urea groups is 1. The molecule has 2 saturated heterocycles. The number of nitrogens with zero attached hydrogens (tertiary/aromatic N) is 3. The van der Waals surface area contributed by atoms with Crippen molar-refractivity contribution < 1.29 is 9.53 Å². The number of likely N-dealkylation sites (tertiary alicyclic amines) is 2.